The molecule has 5 heteroatoms. The van der Waals surface area contributed by atoms with Crippen LogP contribution < -0.4 is 14.2 Å². The summed E-state index contributed by atoms with van der Waals surface area (Å²) in [5, 5.41) is 0. The summed E-state index contributed by atoms with van der Waals surface area (Å²) in [5.41, 5.74) is 0.998. The van der Waals surface area contributed by atoms with Gasteiger partial charge in [-0.2, -0.15) is 0 Å². The molecule has 0 bridgehead atoms. The van der Waals surface area contributed by atoms with Gasteiger partial charge in [-0.15, -0.1) is 0 Å². The Morgan fingerprint density at radius 3 is 2.00 bits per heavy atom. The molecule has 0 unspecified atom stereocenters. The topological polar surface area (TPSA) is 48.0 Å². The first-order valence-corrected chi connectivity index (χ1v) is 5.98. The molecule has 0 heterocycles. The Bertz CT molecular complexity index is 420. The molecule has 0 aliphatic rings. The van der Waals surface area contributed by atoms with Crippen molar-refractivity contribution in [1.29, 1.82) is 0 Å². The Hall–Kier alpha value is -1.75. The van der Waals surface area contributed by atoms with Gasteiger partial charge in [0.15, 0.2) is 11.5 Å². The number of methoxy groups -OCH3 is 3. The predicted octanol–water partition coefficient (Wildman–Crippen LogP) is 1.73. The van der Waals surface area contributed by atoms with E-state index in [9.17, 15) is 4.79 Å². The fraction of sp³-hybridized carbons (Fsp3) is 0.500. The second-order valence-corrected chi connectivity index (χ2v) is 4.41. The van der Waals surface area contributed by atoms with Crippen molar-refractivity contribution in [3.05, 3.63) is 17.7 Å². The number of rotatable bonds is 7. The van der Waals surface area contributed by atoms with Crippen LogP contribution in [0.4, 0.5) is 0 Å². The third kappa shape index (κ3) is 4.13. The van der Waals surface area contributed by atoms with E-state index < -0.39 is 0 Å². The minimum absolute atomic E-state index is 0.134. The van der Waals surface area contributed by atoms with Crippen molar-refractivity contribution in [1.82, 2.24) is 4.90 Å². The van der Waals surface area contributed by atoms with Gasteiger partial charge < -0.3 is 14.2 Å². The molecule has 0 amide bonds. The maximum absolute atomic E-state index is 11.1. The molecule has 0 aliphatic carbocycles. The monoisotopic (exact) mass is 267 g/mol. The third-order valence-electron chi connectivity index (χ3n) is 2.67. The van der Waals surface area contributed by atoms with Crippen molar-refractivity contribution in [2.45, 2.75) is 13.5 Å². The van der Waals surface area contributed by atoms with Crippen molar-refractivity contribution in [3.8, 4) is 17.2 Å². The molecule has 1 aromatic carbocycles. The van der Waals surface area contributed by atoms with Gasteiger partial charge in [-0.05, 0) is 31.7 Å². The standard InChI is InChI=1S/C14H21NO4/c1-10(16)8-15(2)9-11-6-12(17-3)14(19-5)13(7-11)18-4/h6-7H,8-9H2,1-5H3. The number of carbonyl (C=O) groups excluding carboxylic acids is 1. The number of ketones is 1. The summed E-state index contributed by atoms with van der Waals surface area (Å²) < 4.78 is 15.8. The van der Waals surface area contributed by atoms with E-state index in [1.807, 2.05) is 24.1 Å². The van der Waals surface area contributed by atoms with Gasteiger partial charge in [0.05, 0.1) is 27.9 Å². The van der Waals surface area contributed by atoms with Gasteiger partial charge in [0.1, 0.15) is 5.78 Å². The van der Waals surface area contributed by atoms with Gasteiger partial charge in [0, 0.05) is 6.54 Å². The normalized spacial score (nSPS) is 10.4. The molecule has 106 valence electrons. The number of nitrogens with zero attached hydrogens (tertiary/aromatic N) is 1. The lowest BCUT2D eigenvalue weighted by atomic mass is 10.1. The minimum Gasteiger partial charge on any atom is -0.493 e. The van der Waals surface area contributed by atoms with Crippen molar-refractivity contribution in [2.75, 3.05) is 34.9 Å². The Labute approximate surface area is 114 Å². The SMILES string of the molecule is COc1cc(CN(C)CC(C)=O)cc(OC)c1OC. The minimum atomic E-state index is 0.134. The third-order valence-corrected chi connectivity index (χ3v) is 2.67. The predicted molar refractivity (Wildman–Crippen MR) is 73.1 cm³/mol. The van der Waals surface area contributed by atoms with Crippen LogP contribution in [0.15, 0.2) is 12.1 Å². The van der Waals surface area contributed by atoms with Crippen LogP contribution in [0.2, 0.25) is 0 Å². The summed E-state index contributed by atoms with van der Waals surface area (Å²) in [6.07, 6.45) is 0. The number of carbonyl (C=O) groups is 1. The van der Waals surface area contributed by atoms with Crippen LogP contribution in [-0.2, 0) is 11.3 Å². The molecule has 1 aromatic rings. The van der Waals surface area contributed by atoms with Gasteiger partial charge >= 0.3 is 0 Å². The second-order valence-electron chi connectivity index (χ2n) is 4.41. The fourth-order valence-corrected chi connectivity index (χ4v) is 1.97. The van der Waals surface area contributed by atoms with Crippen LogP contribution in [-0.4, -0.2) is 45.6 Å². The lowest BCUT2D eigenvalue weighted by molar-refractivity contribution is -0.117. The Morgan fingerprint density at radius 2 is 1.63 bits per heavy atom. The fourth-order valence-electron chi connectivity index (χ4n) is 1.97. The van der Waals surface area contributed by atoms with Crippen molar-refractivity contribution < 1.29 is 19.0 Å². The molecule has 0 saturated carbocycles. The number of Topliss-reactive ketones (excluding diaryl/α,β-unsaturated/α-hetero) is 1. The van der Waals surface area contributed by atoms with E-state index in [-0.39, 0.29) is 5.78 Å². The van der Waals surface area contributed by atoms with Gasteiger partial charge in [0.25, 0.3) is 0 Å². The molecular formula is C14H21NO4. The molecule has 0 fully saturated rings. The largest absolute Gasteiger partial charge is 0.493 e. The lowest BCUT2D eigenvalue weighted by Gasteiger charge is -2.18. The molecule has 0 spiro atoms. The highest BCUT2D eigenvalue weighted by molar-refractivity contribution is 5.77. The summed E-state index contributed by atoms with van der Waals surface area (Å²) in [4.78, 5) is 13.0. The maximum atomic E-state index is 11.1. The smallest absolute Gasteiger partial charge is 0.203 e. The van der Waals surface area contributed by atoms with E-state index in [0.717, 1.165) is 5.56 Å². The molecule has 0 atom stereocenters. The number of ether oxygens (including phenoxy) is 3. The summed E-state index contributed by atoms with van der Waals surface area (Å²) in [6, 6.07) is 3.77. The van der Waals surface area contributed by atoms with Gasteiger partial charge in [-0.3, -0.25) is 9.69 Å². The van der Waals surface area contributed by atoms with E-state index in [1.54, 1.807) is 28.3 Å². The molecule has 0 saturated heterocycles. The van der Waals surface area contributed by atoms with E-state index in [1.165, 1.54) is 0 Å². The van der Waals surface area contributed by atoms with Crippen molar-refractivity contribution in [2.24, 2.45) is 0 Å². The molecule has 0 aromatic heterocycles. The van der Waals surface area contributed by atoms with E-state index in [4.69, 9.17) is 14.2 Å². The molecule has 0 aliphatic heterocycles. The highest BCUT2D eigenvalue weighted by atomic mass is 16.5. The summed E-state index contributed by atoms with van der Waals surface area (Å²) in [5.74, 6) is 1.94. The van der Waals surface area contributed by atoms with Crippen LogP contribution in [0.5, 0.6) is 17.2 Å². The molecule has 1 rings (SSSR count). The van der Waals surface area contributed by atoms with E-state index in [0.29, 0.717) is 30.3 Å². The number of likely N-dealkylation sites (N-methyl/N-ethyl adjacent to an activating group) is 1. The molecular weight excluding hydrogens is 246 g/mol. The van der Waals surface area contributed by atoms with Gasteiger partial charge in [-0.25, -0.2) is 0 Å². The number of benzene rings is 1. The molecule has 19 heavy (non-hydrogen) atoms. The Kier molecular flexibility index (Phi) is 5.63. The van der Waals surface area contributed by atoms with Gasteiger partial charge in [-0.1, -0.05) is 0 Å². The molecule has 0 radical (unpaired) electrons. The Balaban J connectivity index is 2.99. The van der Waals surface area contributed by atoms with E-state index in [2.05, 4.69) is 0 Å². The zero-order valence-corrected chi connectivity index (χ0v) is 12.1. The van der Waals surface area contributed by atoms with Crippen LogP contribution in [0, 0.1) is 0 Å². The van der Waals surface area contributed by atoms with Gasteiger partial charge in [0.2, 0.25) is 5.75 Å². The summed E-state index contributed by atoms with van der Waals surface area (Å²) >= 11 is 0. The quantitative estimate of drug-likeness (QED) is 0.753. The molecule has 5 nitrogen and oxygen atoms in total. The zero-order chi connectivity index (χ0) is 14.4. The number of hydrogen-bond acceptors (Lipinski definition) is 5. The summed E-state index contributed by atoms with van der Waals surface area (Å²) in [7, 11) is 6.63. The van der Waals surface area contributed by atoms with Crippen molar-refractivity contribution >= 4 is 5.78 Å². The van der Waals surface area contributed by atoms with E-state index >= 15 is 0 Å². The molecule has 0 N–H and O–H groups in total. The second kappa shape index (κ2) is 6.99. The first-order valence-electron chi connectivity index (χ1n) is 5.98. The van der Waals surface area contributed by atoms with Crippen LogP contribution in [0.25, 0.3) is 0 Å². The van der Waals surface area contributed by atoms with Crippen LogP contribution in [0.3, 0.4) is 0 Å². The highest BCUT2D eigenvalue weighted by Gasteiger charge is 2.14. The first kappa shape index (κ1) is 15.3. The highest BCUT2D eigenvalue weighted by Crippen LogP contribution is 2.38. The van der Waals surface area contributed by atoms with Crippen molar-refractivity contribution in [3.63, 3.8) is 0 Å². The van der Waals surface area contributed by atoms with Crippen LogP contribution >= 0.6 is 0 Å². The van der Waals surface area contributed by atoms with Crippen LogP contribution in [0.1, 0.15) is 12.5 Å². The first-order chi connectivity index (χ1) is 9.01. The maximum Gasteiger partial charge on any atom is 0.203 e. The zero-order valence-electron chi connectivity index (χ0n) is 12.1. The average molecular weight is 267 g/mol. The average Bonchev–Trinajstić information content (AvgIpc) is 2.36. The lowest BCUT2D eigenvalue weighted by Crippen LogP contribution is -2.23. The Morgan fingerprint density at radius 1 is 1.11 bits per heavy atom. The summed E-state index contributed by atoms with van der Waals surface area (Å²) in [6.45, 7) is 2.62. The number of hydrogen-bond donors (Lipinski definition) is 0.